The summed E-state index contributed by atoms with van der Waals surface area (Å²) in [6.07, 6.45) is 2.49. The highest BCUT2D eigenvalue weighted by molar-refractivity contribution is 9.10. The number of hydrogen-bond donors (Lipinski definition) is 2. The van der Waals surface area contributed by atoms with Gasteiger partial charge >= 0.3 is 0 Å². The number of hydrogen-bond acceptors (Lipinski definition) is 2. The molecule has 112 valence electrons. The fourth-order valence-corrected chi connectivity index (χ4v) is 2.45. The van der Waals surface area contributed by atoms with E-state index in [1.807, 2.05) is 19.1 Å². The van der Waals surface area contributed by atoms with Crippen LogP contribution in [0.3, 0.4) is 0 Å². The monoisotopic (exact) mass is 340 g/mol. The third kappa shape index (κ3) is 6.06. The molecule has 0 aliphatic heterocycles. The summed E-state index contributed by atoms with van der Waals surface area (Å²) in [7, 11) is 0. The maximum atomic E-state index is 11.7. The van der Waals surface area contributed by atoms with Crippen LogP contribution in [0.15, 0.2) is 28.7 Å². The summed E-state index contributed by atoms with van der Waals surface area (Å²) in [5.41, 5.74) is 1.25. The predicted octanol–water partition coefficient (Wildman–Crippen LogP) is 3.79. The van der Waals surface area contributed by atoms with Crippen LogP contribution in [0.25, 0.3) is 0 Å². The molecule has 0 fully saturated rings. The Morgan fingerprint density at radius 2 is 2.05 bits per heavy atom. The average Bonchev–Trinajstić information content (AvgIpc) is 2.43. The number of nitrogens with one attached hydrogen (secondary N) is 2. The van der Waals surface area contributed by atoms with Crippen LogP contribution in [-0.2, 0) is 4.79 Å². The quantitative estimate of drug-likeness (QED) is 0.755. The van der Waals surface area contributed by atoms with Crippen LogP contribution in [0.1, 0.15) is 51.6 Å². The van der Waals surface area contributed by atoms with E-state index in [1.54, 1.807) is 0 Å². The van der Waals surface area contributed by atoms with Gasteiger partial charge in [0.2, 0.25) is 5.91 Å². The van der Waals surface area contributed by atoms with Crippen molar-refractivity contribution in [2.75, 3.05) is 6.54 Å². The predicted molar refractivity (Wildman–Crippen MR) is 87.7 cm³/mol. The number of benzene rings is 1. The van der Waals surface area contributed by atoms with E-state index < -0.39 is 0 Å². The van der Waals surface area contributed by atoms with Gasteiger partial charge in [-0.1, -0.05) is 41.9 Å². The summed E-state index contributed by atoms with van der Waals surface area (Å²) in [6, 6.07) is 8.86. The van der Waals surface area contributed by atoms with E-state index in [-0.39, 0.29) is 11.9 Å². The van der Waals surface area contributed by atoms with E-state index in [9.17, 15) is 4.79 Å². The zero-order valence-electron chi connectivity index (χ0n) is 12.6. The summed E-state index contributed by atoms with van der Waals surface area (Å²) >= 11 is 3.49. The van der Waals surface area contributed by atoms with Crippen molar-refractivity contribution in [1.29, 1.82) is 0 Å². The molecule has 20 heavy (non-hydrogen) atoms. The first kappa shape index (κ1) is 17.2. The molecule has 0 saturated heterocycles. The van der Waals surface area contributed by atoms with Gasteiger partial charge in [0, 0.05) is 29.5 Å². The maximum absolute atomic E-state index is 11.7. The SMILES string of the molecule is CCC(C)NC(=O)CCNC(CC)c1cccc(Br)c1. The lowest BCUT2D eigenvalue weighted by Crippen LogP contribution is -2.34. The minimum Gasteiger partial charge on any atom is -0.354 e. The second-order valence-electron chi connectivity index (χ2n) is 5.10. The van der Waals surface area contributed by atoms with E-state index in [0.717, 1.165) is 17.3 Å². The van der Waals surface area contributed by atoms with Gasteiger partial charge in [0.1, 0.15) is 0 Å². The first-order valence-corrected chi connectivity index (χ1v) is 8.14. The fraction of sp³-hybridized carbons (Fsp3) is 0.562. The minimum absolute atomic E-state index is 0.121. The smallest absolute Gasteiger partial charge is 0.221 e. The third-order valence-corrected chi connectivity index (χ3v) is 3.92. The molecule has 2 N–H and O–H groups in total. The van der Waals surface area contributed by atoms with E-state index in [1.165, 1.54) is 5.56 Å². The summed E-state index contributed by atoms with van der Waals surface area (Å²) in [4.78, 5) is 11.7. The van der Waals surface area contributed by atoms with Crippen LogP contribution in [0.2, 0.25) is 0 Å². The van der Waals surface area contributed by atoms with E-state index in [2.05, 4.69) is 52.5 Å². The first-order chi connectivity index (χ1) is 9.56. The van der Waals surface area contributed by atoms with Crippen LogP contribution in [-0.4, -0.2) is 18.5 Å². The molecular weight excluding hydrogens is 316 g/mol. The molecule has 1 amide bonds. The molecular formula is C16H25BrN2O. The van der Waals surface area contributed by atoms with Gasteiger partial charge < -0.3 is 10.6 Å². The Bertz CT molecular complexity index is 423. The van der Waals surface area contributed by atoms with Gasteiger partial charge in [-0.25, -0.2) is 0 Å². The molecule has 2 atom stereocenters. The van der Waals surface area contributed by atoms with Crippen LogP contribution in [0.4, 0.5) is 0 Å². The summed E-state index contributed by atoms with van der Waals surface area (Å²) in [5.74, 6) is 0.121. The van der Waals surface area contributed by atoms with Crippen molar-refractivity contribution in [3.8, 4) is 0 Å². The molecule has 0 aliphatic carbocycles. The Morgan fingerprint density at radius 3 is 2.65 bits per heavy atom. The average molecular weight is 341 g/mol. The van der Waals surface area contributed by atoms with Gasteiger partial charge in [0.15, 0.2) is 0 Å². The highest BCUT2D eigenvalue weighted by Gasteiger charge is 2.10. The molecule has 1 aromatic rings. The Kier molecular flexibility index (Phi) is 7.85. The molecule has 0 radical (unpaired) electrons. The Morgan fingerprint density at radius 1 is 1.30 bits per heavy atom. The largest absolute Gasteiger partial charge is 0.354 e. The van der Waals surface area contributed by atoms with Gasteiger partial charge in [-0.15, -0.1) is 0 Å². The van der Waals surface area contributed by atoms with Gasteiger partial charge in [0.05, 0.1) is 0 Å². The fourth-order valence-electron chi connectivity index (χ4n) is 2.03. The summed E-state index contributed by atoms with van der Waals surface area (Å²) < 4.78 is 1.09. The molecule has 0 aliphatic rings. The molecule has 0 bridgehead atoms. The van der Waals surface area contributed by atoms with Crippen molar-refractivity contribution in [2.24, 2.45) is 0 Å². The normalized spacial score (nSPS) is 13.8. The maximum Gasteiger partial charge on any atom is 0.221 e. The molecule has 1 aromatic carbocycles. The van der Waals surface area contributed by atoms with Crippen LogP contribution < -0.4 is 10.6 Å². The molecule has 3 nitrogen and oxygen atoms in total. The van der Waals surface area contributed by atoms with Crippen LogP contribution >= 0.6 is 15.9 Å². The van der Waals surface area contributed by atoms with Gasteiger partial charge in [-0.3, -0.25) is 4.79 Å². The van der Waals surface area contributed by atoms with Crippen molar-refractivity contribution >= 4 is 21.8 Å². The molecule has 0 heterocycles. The summed E-state index contributed by atoms with van der Waals surface area (Å²) in [6.45, 7) is 6.95. The van der Waals surface area contributed by atoms with Gasteiger partial charge in [0.25, 0.3) is 0 Å². The van der Waals surface area contributed by atoms with Gasteiger partial charge in [-0.2, -0.15) is 0 Å². The first-order valence-electron chi connectivity index (χ1n) is 7.35. The van der Waals surface area contributed by atoms with Crippen molar-refractivity contribution < 1.29 is 4.79 Å². The van der Waals surface area contributed by atoms with Gasteiger partial charge in [-0.05, 0) is 37.5 Å². The van der Waals surface area contributed by atoms with Crippen molar-refractivity contribution in [2.45, 2.75) is 52.1 Å². The van der Waals surface area contributed by atoms with E-state index in [4.69, 9.17) is 0 Å². The lowest BCUT2D eigenvalue weighted by molar-refractivity contribution is -0.121. The minimum atomic E-state index is 0.121. The van der Waals surface area contributed by atoms with Crippen molar-refractivity contribution in [1.82, 2.24) is 10.6 Å². The lowest BCUT2D eigenvalue weighted by atomic mass is 10.0. The lowest BCUT2D eigenvalue weighted by Gasteiger charge is -2.18. The molecule has 2 unspecified atom stereocenters. The number of carbonyl (C=O) groups excluding carboxylic acids is 1. The molecule has 0 spiro atoms. The van der Waals surface area contributed by atoms with Crippen LogP contribution in [0, 0.1) is 0 Å². The van der Waals surface area contributed by atoms with Crippen molar-refractivity contribution in [3.63, 3.8) is 0 Å². The zero-order valence-corrected chi connectivity index (χ0v) is 14.2. The Hall–Kier alpha value is -0.870. The zero-order chi connectivity index (χ0) is 15.0. The third-order valence-electron chi connectivity index (χ3n) is 3.42. The number of halogens is 1. The molecule has 4 heteroatoms. The number of amides is 1. The highest BCUT2D eigenvalue weighted by Crippen LogP contribution is 2.20. The Balaban J connectivity index is 2.41. The number of rotatable bonds is 8. The second kappa shape index (κ2) is 9.14. The van der Waals surface area contributed by atoms with E-state index in [0.29, 0.717) is 19.0 Å². The standard InChI is InChI=1S/C16H25BrN2O/c1-4-12(3)19-16(20)9-10-18-15(5-2)13-7-6-8-14(17)11-13/h6-8,11-12,15,18H,4-5,9-10H2,1-3H3,(H,19,20). The Labute approximate surface area is 130 Å². The number of carbonyl (C=O) groups is 1. The summed E-state index contributed by atoms with van der Waals surface area (Å²) in [5, 5.41) is 6.44. The van der Waals surface area contributed by atoms with E-state index >= 15 is 0 Å². The topological polar surface area (TPSA) is 41.1 Å². The second-order valence-corrected chi connectivity index (χ2v) is 6.01. The van der Waals surface area contributed by atoms with Crippen molar-refractivity contribution in [3.05, 3.63) is 34.3 Å². The molecule has 0 saturated carbocycles. The molecule has 0 aromatic heterocycles. The molecule has 1 rings (SSSR count). The highest BCUT2D eigenvalue weighted by atomic mass is 79.9. The van der Waals surface area contributed by atoms with Crippen LogP contribution in [0.5, 0.6) is 0 Å².